The summed E-state index contributed by atoms with van der Waals surface area (Å²) in [5.41, 5.74) is 1.08. The molecule has 0 saturated heterocycles. The smallest absolute Gasteiger partial charge is 0.184 e. The van der Waals surface area contributed by atoms with Crippen LogP contribution in [0.15, 0.2) is 36.5 Å². The molecule has 0 aliphatic rings. The number of hydrogen-bond donors (Lipinski definition) is 0. The molecule has 1 aromatic carbocycles. The molecule has 6 heteroatoms. The normalized spacial score (nSPS) is 11.2. The molecule has 0 radical (unpaired) electrons. The average Bonchev–Trinajstić information content (AvgIpc) is 2.94. The monoisotopic (exact) mass is 327 g/mol. The molecular weight excluding hydrogens is 320 g/mol. The number of nitrogens with zero attached hydrogens (tertiary/aromatic N) is 1. The van der Waals surface area contributed by atoms with Gasteiger partial charge in [-0.25, -0.2) is 4.39 Å². The molecule has 20 heavy (non-hydrogen) atoms. The van der Waals surface area contributed by atoms with Crippen molar-refractivity contribution in [1.82, 2.24) is 4.57 Å². The summed E-state index contributed by atoms with van der Waals surface area (Å²) < 4.78 is 16.1. The highest BCUT2D eigenvalue weighted by molar-refractivity contribution is 7.20. The third kappa shape index (κ3) is 2.35. The van der Waals surface area contributed by atoms with Gasteiger partial charge in [-0.15, -0.1) is 11.3 Å². The first-order valence-corrected chi connectivity index (χ1v) is 7.35. The van der Waals surface area contributed by atoms with Gasteiger partial charge in [0.15, 0.2) is 5.78 Å². The Hall–Kier alpha value is -1.36. The second kappa shape index (κ2) is 5.20. The van der Waals surface area contributed by atoms with E-state index in [2.05, 4.69) is 0 Å². The number of rotatable bonds is 3. The molecule has 0 bridgehead atoms. The number of benzene rings is 1. The van der Waals surface area contributed by atoms with E-state index in [1.807, 2.05) is 0 Å². The quantitative estimate of drug-likeness (QED) is 0.618. The SMILES string of the molecule is O=C(Cn1ccc2c(F)cccc21)c1cc(Cl)sc1Cl. The van der Waals surface area contributed by atoms with Crippen molar-refractivity contribution in [3.8, 4) is 0 Å². The molecule has 0 N–H and O–H groups in total. The molecule has 0 amide bonds. The van der Waals surface area contributed by atoms with E-state index in [1.54, 1.807) is 35.0 Å². The van der Waals surface area contributed by atoms with Gasteiger partial charge in [-0.05, 0) is 24.3 Å². The Balaban J connectivity index is 1.96. The molecule has 3 aromatic rings. The van der Waals surface area contributed by atoms with Gasteiger partial charge >= 0.3 is 0 Å². The predicted molar refractivity (Wildman–Crippen MR) is 80.6 cm³/mol. The highest BCUT2D eigenvalue weighted by Gasteiger charge is 2.16. The van der Waals surface area contributed by atoms with E-state index in [-0.39, 0.29) is 18.1 Å². The summed E-state index contributed by atoms with van der Waals surface area (Å²) in [6.07, 6.45) is 1.69. The summed E-state index contributed by atoms with van der Waals surface area (Å²) >= 11 is 13.0. The van der Waals surface area contributed by atoms with Crippen LogP contribution in [-0.4, -0.2) is 10.4 Å². The van der Waals surface area contributed by atoms with E-state index in [4.69, 9.17) is 23.2 Å². The highest BCUT2D eigenvalue weighted by atomic mass is 35.5. The van der Waals surface area contributed by atoms with Crippen molar-refractivity contribution in [1.29, 1.82) is 0 Å². The molecule has 0 atom stereocenters. The van der Waals surface area contributed by atoms with E-state index >= 15 is 0 Å². The lowest BCUT2D eigenvalue weighted by atomic mass is 10.2. The number of thiophene rings is 1. The van der Waals surface area contributed by atoms with Crippen molar-refractivity contribution in [3.05, 3.63) is 56.6 Å². The maximum atomic E-state index is 13.6. The van der Waals surface area contributed by atoms with E-state index in [0.717, 1.165) is 11.3 Å². The number of fused-ring (bicyclic) bond motifs is 1. The predicted octanol–water partition coefficient (Wildman–Crippen LogP) is 5.03. The van der Waals surface area contributed by atoms with Crippen LogP contribution < -0.4 is 0 Å². The zero-order valence-electron chi connectivity index (χ0n) is 10.1. The molecule has 3 rings (SSSR count). The zero-order valence-corrected chi connectivity index (χ0v) is 12.4. The molecule has 102 valence electrons. The number of halogens is 3. The first-order valence-electron chi connectivity index (χ1n) is 5.77. The lowest BCUT2D eigenvalue weighted by Crippen LogP contribution is -2.09. The van der Waals surface area contributed by atoms with E-state index in [9.17, 15) is 9.18 Å². The van der Waals surface area contributed by atoms with Crippen molar-refractivity contribution in [2.45, 2.75) is 6.54 Å². The summed E-state index contributed by atoms with van der Waals surface area (Å²) in [5.74, 6) is -0.453. The van der Waals surface area contributed by atoms with Crippen LogP contribution in [-0.2, 0) is 6.54 Å². The van der Waals surface area contributed by atoms with Gasteiger partial charge in [-0.2, -0.15) is 0 Å². The van der Waals surface area contributed by atoms with Gasteiger partial charge in [-0.3, -0.25) is 4.79 Å². The van der Waals surface area contributed by atoms with Crippen LogP contribution >= 0.6 is 34.5 Å². The summed E-state index contributed by atoms with van der Waals surface area (Å²) in [7, 11) is 0. The van der Waals surface area contributed by atoms with Crippen LogP contribution in [0.25, 0.3) is 10.9 Å². The second-order valence-electron chi connectivity index (χ2n) is 4.28. The van der Waals surface area contributed by atoms with Gasteiger partial charge in [0, 0.05) is 11.6 Å². The van der Waals surface area contributed by atoms with Crippen LogP contribution in [0.3, 0.4) is 0 Å². The summed E-state index contributed by atoms with van der Waals surface area (Å²) in [5, 5.41) is 0.495. The fraction of sp³-hybridized carbons (Fsp3) is 0.0714. The van der Waals surface area contributed by atoms with Crippen LogP contribution in [0.4, 0.5) is 4.39 Å². The standard InChI is InChI=1S/C14H8Cl2FNOS/c15-13-6-9(14(16)20-13)12(19)7-18-5-4-8-10(17)2-1-3-11(8)18/h1-6H,7H2. The number of aromatic nitrogens is 1. The molecule has 0 unspecified atom stereocenters. The molecular formula is C14H8Cl2FNOS. The molecule has 0 spiro atoms. The zero-order chi connectivity index (χ0) is 14.3. The minimum absolute atomic E-state index is 0.0970. The Bertz CT molecular complexity index is 809. The van der Waals surface area contributed by atoms with Crippen LogP contribution in [0.2, 0.25) is 8.67 Å². The molecule has 2 heterocycles. The van der Waals surface area contributed by atoms with Gasteiger partial charge in [0.25, 0.3) is 0 Å². The lowest BCUT2D eigenvalue weighted by molar-refractivity contribution is 0.0974. The van der Waals surface area contributed by atoms with Crippen molar-refractivity contribution < 1.29 is 9.18 Å². The maximum Gasteiger partial charge on any atom is 0.184 e. The van der Waals surface area contributed by atoms with Gasteiger partial charge < -0.3 is 4.57 Å². The Morgan fingerprint density at radius 1 is 1.30 bits per heavy atom. The fourth-order valence-electron chi connectivity index (χ4n) is 2.09. The van der Waals surface area contributed by atoms with Crippen molar-refractivity contribution in [2.24, 2.45) is 0 Å². The molecule has 0 fully saturated rings. The van der Waals surface area contributed by atoms with Crippen molar-refractivity contribution in [2.75, 3.05) is 0 Å². The van der Waals surface area contributed by atoms with E-state index in [1.165, 1.54) is 6.07 Å². The molecule has 2 nitrogen and oxygen atoms in total. The van der Waals surface area contributed by atoms with Gasteiger partial charge in [0.2, 0.25) is 0 Å². The van der Waals surface area contributed by atoms with Crippen LogP contribution in [0.5, 0.6) is 0 Å². The van der Waals surface area contributed by atoms with E-state index < -0.39 is 0 Å². The number of Topliss-reactive ketones (excluding diaryl/α,β-unsaturated/α-hetero) is 1. The van der Waals surface area contributed by atoms with Crippen LogP contribution in [0.1, 0.15) is 10.4 Å². The second-order valence-corrected chi connectivity index (χ2v) is 6.56. The maximum absolute atomic E-state index is 13.6. The number of carbonyl (C=O) groups is 1. The largest absolute Gasteiger partial charge is 0.340 e. The Morgan fingerprint density at radius 2 is 2.10 bits per heavy atom. The first kappa shape index (κ1) is 13.6. The third-order valence-electron chi connectivity index (χ3n) is 3.03. The molecule has 0 saturated carbocycles. The van der Waals surface area contributed by atoms with Crippen LogP contribution in [0, 0.1) is 5.82 Å². The fourth-order valence-corrected chi connectivity index (χ4v) is 3.59. The van der Waals surface area contributed by atoms with Crippen molar-refractivity contribution >= 4 is 51.2 Å². The number of carbonyl (C=O) groups excluding carboxylic acids is 1. The Morgan fingerprint density at radius 3 is 2.80 bits per heavy atom. The third-order valence-corrected chi connectivity index (χ3v) is 4.52. The summed E-state index contributed by atoms with van der Waals surface area (Å²) in [4.78, 5) is 12.2. The molecule has 0 aliphatic carbocycles. The van der Waals surface area contributed by atoms with Crippen molar-refractivity contribution in [3.63, 3.8) is 0 Å². The van der Waals surface area contributed by atoms with Gasteiger partial charge in [-0.1, -0.05) is 29.3 Å². The Kier molecular flexibility index (Phi) is 3.54. The average molecular weight is 328 g/mol. The summed E-state index contributed by atoms with van der Waals surface area (Å²) in [6.45, 7) is 0.0970. The highest BCUT2D eigenvalue weighted by Crippen LogP contribution is 2.32. The number of hydrogen-bond acceptors (Lipinski definition) is 2. The van der Waals surface area contributed by atoms with Gasteiger partial charge in [0.1, 0.15) is 10.2 Å². The molecule has 2 aromatic heterocycles. The van der Waals surface area contributed by atoms with Gasteiger partial charge in [0.05, 0.1) is 22.0 Å². The lowest BCUT2D eigenvalue weighted by Gasteiger charge is -2.04. The number of ketones is 1. The topological polar surface area (TPSA) is 22.0 Å². The minimum atomic E-state index is -0.301. The minimum Gasteiger partial charge on any atom is -0.340 e. The molecule has 0 aliphatic heterocycles. The first-order chi connectivity index (χ1) is 9.56. The Labute approximate surface area is 128 Å². The van der Waals surface area contributed by atoms with E-state index in [0.29, 0.717) is 25.1 Å². The summed E-state index contributed by atoms with van der Waals surface area (Å²) in [6, 6.07) is 7.99.